The van der Waals surface area contributed by atoms with E-state index in [0.29, 0.717) is 47.1 Å². The third kappa shape index (κ3) is 5.99. The molecule has 0 aliphatic carbocycles. The van der Waals surface area contributed by atoms with Crippen molar-refractivity contribution in [1.82, 2.24) is 9.88 Å². The van der Waals surface area contributed by atoms with Crippen LogP contribution in [0.3, 0.4) is 0 Å². The van der Waals surface area contributed by atoms with Crippen molar-refractivity contribution in [3.05, 3.63) is 42.1 Å². The Morgan fingerprint density at radius 2 is 1.91 bits per heavy atom. The van der Waals surface area contributed by atoms with Crippen LogP contribution in [0.4, 0.5) is 5.69 Å². The summed E-state index contributed by atoms with van der Waals surface area (Å²) in [5.74, 6) is 0.981. The summed E-state index contributed by atoms with van der Waals surface area (Å²) in [7, 11) is 0. The lowest BCUT2D eigenvalue weighted by atomic mass is 9.92. The van der Waals surface area contributed by atoms with E-state index >= 15 is 0 Å². The molecule has 34 heavy (non-hydrogen) atoms. The van der Waals surface area contributed by atoms with Crippen molar-refractivity contribution in [1.29, 1.82) is 0 Å². The first kappa shape index (κ1) is 23.9. The fraction of sp³-hybridized carbons (Fsp3) is 0.417. The van der Waals surface area contributed by atoms with Crippen LogP contribution in [0, 0.1) is 11.8 Å². The van der Waals surface area contributed by atoms with Gasteiger partial charge in [0, 0.05) is 31.0 Å². The highest BCUT2D eigenvalue weighted by atomic mass is 32.2. The van der Waals surface area contributed by atoms with Crippen molar-refractivity contribution in [2.75, 3.05) is 37.6 Å². The van der Waals surface area contributed by atoms with Gasteiger partial charge in [-0.2, -0.15) is 0 Å². The summed E-state index contributed by atoms with van der Waals surface area (Å²) in [5.41, 5.74) is 0.798. The van der Waals surface area contributed by atoms with Gasteiger partial charge in [0.2, 0.25) is 12.7 Å². The van der Waals surface area contributed by atoms with Gasteiger partial charge in [-0.05, 0) is 42.5 Å². The number of amides is 2. The highest BCUT2D eigenvalue weighted by Gasteiger charge is 2.26. The van der Waals surface area contributed by atoms with Gasteiger partial charge in [-0.3, -0.25) is 9.59 Å². The molecule has 3 heterocycles. The van der Waals surface area contributed by atoms with Gasteiger partial charge in [0.05, 0.1) is 11.3 Å². The smallest absolute Gasteiger partial charge is 0.341 e. The Bertz CT molecular complexity index is 1070. The number of carbonyl (C=O) groups excluding carboxylic acids is 3. The molecule has 10 heteroatoms. The molecule has 1 saturated heterocycles. The zero-order chi connectivity index (χ0) is 24.1. The summed E-state index contributed by atoms with van der Waals surface area (Å²) in [5, 5.41) is 3.15. The van der Waals surface area contributed by atoms with E-state index in [4.69, 9.17) is 14.2 Å². The van der Waals surface area contributed by atoms with Crippen LogP contribution in [0.15, 0.2) is 41.6 Å². The van der Waals surface area contributed by atoms with E-state index in [1.807, 2.05) is 0 Å². The van der Waals surface area contributed by atoms with Crippen molar-refractivity contribution in [2.45, 2.75) is 25.3 Å². The Balaban J connectivity index is 1.30. The summed E-state index contributed by atoms with van der Waals surface area (Å²) in [6.07, 6.45) is 2.62. The van der Waals surface area contributed by atoms with Crippen molar-refractivity contribution in [3.8, 4) is 11.5 Å². The van der Waals surface area contributed by atoms with Crippen LogP contribution < -0.4 is 14.8 Å². The molecule has 1 N–H and O–H groups in total. The lowest BCUT2D eigenvalue weighted by Crippen LogP contribution is -2.44. The lowest BCUT2D eigenvalue weighted by molar-refractivity contribution is -0.137. The average molecular weight is 486 g/mol. The number of thioether (sulfide) groups is 1. The van der Waals surface area contributed by atoms with E-state index in [0.717, 1.165) is 18.2 Å². The number of rotatable bonds is 7. The number of hydrogen-bond donors (Lipinski definition) is 1. The monoisotopic (exact) mass is 485 g/mol. The van der Waals surface area contributed by atoms with E-state index in [1.54, 1.807) is 35.2 Å². The van der Waals surface area contributed by atoms with E-state index < -0.39 is 5.97 Å². The van der Waals surface area contributed by atoms with Gasteiger partial charge in [-0.25, -0.2) is 9.78 Å². The molecule has 4 rings (SSSR count). The first-order valence-electron chi connectivity index (χ1n) is 11.1. The standard InChI is InChI=1S/C24H27N3O6S/c1-15-8-16(2)11-27(10-15)22(29)12-31-24(30)18-4-3-7-25-23(18)34-13-21(28)26-17-5-6-19-20(9-17)33-14-32-19/h3-7,9,15-16H,8,10-14H2,1-2H3,(H,26,28)/t15-,16-/m0/s1. The van der Waals surface area contributed by atoms with Crippen molar-refractivity contribution in [2.24, 2.45) is 11.8 Å². The second kappa shape index (κ2) is 10.8. The molecule has 0 radical (unpaired) electrons. The Labute approximate surface area is 202 Å². The second-order valence-corrected chi connectivity index (χ2v) is 9.55. The molecule has 0 saturated carbocycles. The van der Waals surface area contributed by atoms with Gasteiger partial charge >= 0.3 is 5.97 Å². The number of pyridine rings is 1. The van der Waals surface area contributed by atoms with Crippen LogP contribution >= 0.6 is 11.8 Å². The molecule has 2 amide bonds. The quantitative estimate of drug-likeness (QED) is 0.471. The Kier molecular flexibility index (Phi) is 7.56. The molecule has 1 aromatic heterocycles. The van der Waals surface area contributed by atoms with Crippen LogP contribution in [-0.4, -0.2) is 59.9 Å². The van der Waals surface area contributed by atoms with E-state index in [9.17, 15) is 14.4 Å². The molecule has 1 fully saturated rings. The first-order chi connectivity index (χ1) is 16.4. The van der Waals surface area contributed by atoms with Crippen LogP contribution in [0.1, 0.15) is 30.6 Å². The average Bonchev–Trinajstić information content (AvgIpc) is 3.28. The molecule has 180 valence electrons. The summed E-state index contributed by atoms with van der Waals surface area (Å²) >= 11 is 1.12. The summed E-state index contributed by atoms with van der Waals surface area (Å²) in [6.45, 7) is 5.42. The number of nitrogens with zero attached hydrogens (tertiary/aromatic N) is 2. The highest BCUT2D eigenvalue weighted by Crippen LogP contribution is 2.34. The third-order valence-corrected chi connectivity index (χ3v) is 6.54. The number of aromatic nitrogens is 1. The van der Waals surface area contributed by atoms with Gasteiger partial charge < -0.3 is 24.4 Å². The number of nitrogens with one attached hydrogen (secondary N) is 1. The minimum absolute atomic E-state index is 0.0359. The normalized spacial score (nSPS) is 18.9. The molecule has 9 nitrogen and oxygen atoms in total. The summed E-state index contributed by atoms with van der Waals surface area (Å²) in [4.78, 5) is 43.6. The molecule has 2 aliphatic rings. The lowest BCUT2D eigenvalue weighted by Gasteiger charge is -2.34. The van der Waals surface area contributed by atoms with Gasteiger partial charge in [-0.1, -0.05) is 25.6 Å². The maximum Gasteiger partial charge on any atom is 0.341 e. The zero-order valence-corrected chi connectivity index (χ0v) is 19.9. The number of hydrogen-bond acceptors (Lipinski definition) is 8. The molecule has 2 aliphatic heterocycles. The number of fused-ring (bicyclic) bond motifs is 1. The molecular formula is C24H27N3O6S. The van der Waals surface area contributed by atoms with Crippen LogP contribution in [0.2, 0.25) is 0 Å². The number of piperidine rings is 1. The minimum Gasteiger partial charge on any atom is -0.454 e. The van der Waals surface area contributed by atoms with Crippen molar-refractivity contribution < 1.29 is 28.6 Å². The fourth-order valence-electron chi connectivity index (χ4n) is 4.13. The topological polar surface area (TPSA) is 107 Å². The zero-order valence-electron chi connectivity index (χ0n) is 19.1. The first-order valence-corrected chi connectivity index (χ1v) is 12.1. The number of ether oxygens (including phenoxy) is 3. The number of benzene rings is 1. The van der Waals surface area contributed by atoms with E-state index in [2.05, 4.69) is 24.1 Å². The molecule has 0 spiro atoms. The third-order valence-electron chi connectivity index (χ3n) is 5.54. The second-order valence-electron chi connectivity index (χ2n) is 8.58. The molecular weight excluding hydrogens is 458 g/mol. The van der Waals surface area contributed by atoms with Gasteiger partial charge in [0.1, 0.15) is 5.03 Å². The molecule has 1 aromatic carbocycles. The Morgan fingerprint density at radius 1 is 1.15 bits per heavy atom. The fourth-order valence-corrected chi connectivity index (χ4v) is 4.91. The number of anilines is 1. The summed E-state index contributed by atoms with van der Waals surface area (Å²) in [6, 6.07) is 8.33. The van der Waals surface area contributed by atoms with E-state index in [-0.39, 0.29) is 36.5 Å². The number of likely N-dealkylation sites (tertiary alicyclic amines) is 1. The predicted molar refractivity (Wildman–Crippen MR) is 126 cm³/mol. The largest absolute Gasteiger partial charge is 0.454 e. The van der Waals surface area contributed by atoms with Gasteiger partial charge in [-0.15, -0.1) is 0 Å². The van der Waals surface area contributed by atoms with Crippen LogP contribution in [0.25, 0.3) is 0 Å². The Hall–Kier alpha value is -3.27. The Morgan fingerprint density at radius 3 is 2.71 bits per heavy atom. The number of esters is 1. The van der Waals surface area contributed by atoms with Crippen LogP contribution in [-0.2, 0) is 14.3 Å². The minimum atomic E-state index is -0.641. The molecule has 2 aromatic rings. The summed E-state index contributed by atoms with van der Waals surface area (Å²) < 4.78 is 15.9. The molecule has 0 unspecified atom stereocenters. The van der Waals surface area contributed by atoms with E-state index in [1.165, 1.54) is 6.20 Å². The predicted octanol–water partition coefficient (Wildman–Crippen LogP) is 3.20. The van der Waals surface area contributed by atoms with Crippen molar-refractivity contribution >= 4 is 35.2 Å². The van der Waals surface area contributed by atoms with Crippen LogP contribution in [0.5, 0.6) is 11.5 Å². The number of carbonyl (C=O) groups is 3. The molecule has 2 atom stereocenters. The van der Waals surface area contributed by atoms with Gasteiger partial charge in [0.25, 0.3) is 5.91 Å². The molecule has 0 bridgehead atoms. The van der Waals surface area contributed by atoms with Gasteiger partial charge in [0.15, 0.2) is 18.1 Å². The highest BCUT2D eigenvalue weighted by molar-refractivity contribution is 8.00. The SMILES string of the molecule is C[C@H]1C[C@H](C)CN(C(=O)COC(=O)c2cccnc2SCC(=O)Nc2ccc3c(c2)OCO3)C1. The van der Waals surface area contributed by atoms with Crippen molar-refractivity contribution in [3.63, 3.8) is 0 Å². The maximum absolute atomic E-state index is 12.7. The maximum atomic E-state index is 12.7.